The van der Waals surface area contributed by atoms with Gasteiger partial charge < -0.3 is 19.1 Å². The molecule has 0 N–H and O–H groups in total. The molecular formula is C22H25N7O2. The largest absolute Gasteiger partial charge is 0.483 e. The van der Waals surface area contributed by atoms with E-state index in [-0.39, 0.29) is 18.3 Å². The van der Waals surface area contributed by atoms with Gasteiger partial charge in [-0.2, -0.15) is 10.2 Å². The van der Waals surface area contributed by atoms with Gasteiger partial charge in [-0.3, -0.25) is 4.79 Å². The summed E-state index contributed by atoms with van der Waals surface area (Å²) in [5, 5.41) is 9.29. The van der Waals surface area contributed by atoms with Crippen LogP contribution in [0.1, 0.15) is 18.3 Å². The van der Waals surface area contributed by atoms with Crippen LogP contribution in [-0.2, 0) is 11.8 Å². The molecule has 1 aliphatic rings. The van der Waals surface area contributed by atoms with E-state index in [0.717, 1.165) is 43.9 Å². The molecule has 1 saturated heterocycles. The Morgan fingerprint density at radius 3 is 2.68 bits per heavy atom. The average molecular weight is 419 g/mol. The average Bonchev–Trinajstić information content (AvgIpc) is 3.18. The molecule has 31 heavy (non-hydrogen) atoms. The van der Waals surface area contributed by atoms with Crippen molar-refractivity contribution >= 4 is 17.1 Å². The summed E-state index contributed by atoms with van der Waals surface area (Å²) in [5.41, 5.74) is 3.53. The fourth-order valence-corrected chi connectivity index (χ4v) is 3.76. The van der Waals surface area contributed by atoms with Gasteiger partial charge in [0.1, 0.15) is 23.0 Å². The van der Waals surface area contributed by atoms with Crippen molar-refractivity contribution in [3.63, 3.8) is 0 Å². The molecule has 9 heteroatoms. The highest BCUT2D eigenvalue weighted by molar-refractivity contribution is 5.88. The molecule has 9 nitrogen and oxygen atoms in total. The van der Waals surface area contributed by atoms with Crippen LogP contribution >= 0.6 is 0 Å². The Balaban J connectivity index is 1.50. The number of benzene rings is 1. The Labute approximate surface area is 180 Å². The van der Waals surface area contributed by atoms with Crippen molar-refractivity contribution in [3.8, 4) is 23.1 Å². The number of aryl methyl sites for hydroxylation is 2. The first kappa shape index (κ1) is 20.8. The number of fused-ring (bicyclic) bond motifs is 1. The van der Waals surface area contributed by atoms with Crippen LogP contribution in [0.3, 0.4) is 0 Å². The molecule has 1 aliphatic heterocycles. The maximum absolute atomic E-state index is 12.5. The standard InChI is InChI=1S/C22H25N7O2/c1-4-28-7-9-29(10-8-28)19(30)13-31-17-6-5-16(11-15(17)2)20-21-22(27(3)14-24-21)26-18(12-23)25-20/h5-6,11,14H,4,7-10,13H2,1-3H3. The van der Waals surface area contributed by atoms with E-state index in [4.69, 9.17) is 4.74 Å². The summed E-state index contributed by atoms with van der Waals surface area (Å²) in [4.78, 5) is 29.7. The zero-order valence-corrected chi connectivity index (χ0v) is 18.0. The Morgan fingerprint density at radius 2 is 2.00 bits per heavy atom. The first-order valence-electron chi connectivity index (χ1n) is 10.3. The van der Waals surface area contributed by atoms with Crippen molar-refractivity contribution in [2.75, 3.05) is 39.3 Å². The van der Waals surface area contributed by atoms with Crippen LogP contribution in [0.2, 0.25) is 0 Å². The topological polar surface area (TPSA) is 100 Å². The third kappa shape index (κ3) is 4.20. The monoisotopic (exact) mass is 419 g/mol. The van der Waals surface area contributed by atoms with Crippen LogP contribution in [-0.4, -0.2) is 74.6 Å². The van der Waals surface area contributed by atoms with Gasteiger partial charge in [0.15, 0.2) is 12.3 Å². The number of imidazole rings is 1. The van der Waals surface area contributed by atoms with E-state index in [0.29, 0.717) is 22.6 Å². The van der Waals surface area contributed by atoms with Crippen LogP contribution in [0, 0.1) is 18.3 Å². The van der Waals surface area contributed by atoms with E-state index >= 15 is 0 Å². The van der Waals surface area contributed by atoms with Gasteiger partial charge in [0.25, 0.3) is 5.91 Å². The molecule has 0 bridgehead atoms. The van der Waals surface area contributed by atoms with Crippen molar-refractivity contribution in [2.45, 2.75) is 13.8 Å². The molecule has 0 saturated carbocycles. The van der Waals surface area contributed by atoms with Gasteiger partial charge in [-0.05, 0) is 37.2 Å². The molecular weight excluding hydrogens is 394 g/mol. The zero-order chi connectivity index (χ0) is 22.0. The van der Waals surface area contributed by atoms with E-state index < -0.39 is 0 Å². The fourth-order valence-electron chi connectivity index (χ4n) is 3.76. The smallest absolute Gasteiger partial charge is 0.260 e. The van der Waals surface area contributed by atoms with Gasteiger partial charge in [0, 0.05) is 38.8 Å². The summed E-state index contributed by atoms with van der Waals surface area (Å²) in [6.07, 6.45) is 1.65. The summed E-state index contributed by atoms with van der Waals surface area (Å²) < 4.78 is 7.58. The van der Waals surface area contributed by atoms with Crippen molar-refractivity contribution in [1.82, 2.24) is 29.3 Å². The molecule has 160 valence electrons. The summed E-state index contributed by atoms with van der Waals surface area (Å²) in [7, 11) is 1.83. The summed E-state index contributed by atoms with van der Waals surface area (Å²) in [6, 6.07) is 7.63. The minimum atomic E-state index is 0.00360. The fraction of sp³-hybridized carbons (Fsp3) is 0.409. The number of carbonyl (C=O) groups is 1. The SMILES string of the molecule is CCN1CCN(C(=O)COc2ccc(-c3nc(C#N)nc4c3ncn4C)cc2C)CC1. The van der Waals surface area contributed by atoms with E-state index in [2.05, 4.69) is 26.8 Å². The molecule has 0 radical (unpaired) electrons. The number of nitriles is 1. The molecule has 3 heterocycles. The first-order chi connectivity index (χ1) is 15.0. The first-order valence-corrected chi connectivity index (χ1v) is 10.3. The van der Waals surface area contributed by atoms with Crippen LogP contribution in [0.25, 0.3) is 22.4 Å². The number of nitrogens with zero attached hydrogens (tertiary/aromatic N) is 7. The second-order valence-electron chi connectivity index (χ2n) is 7.62. The Kier molecular flexibility index (Phi) is 5.82. The van der Waals surface area contributed by atoms with Gasteiger partial charge in [-0.1, -0.05) is 6.92 Å². The van der Waals surface area contributed by atoms with Gasteiger partial charge in [-0.15, -0.1) is 0 Å². The number of aromatic nitrogens is 4. The third-order valence-electron chi connectivity index (χ3n) is 5.63. The van der Waals surface area contributed by atoms with Gasteiger partial charge in [-0.25, -0.2) is 9.97 Å². The highest BCUT2D eigenvalue weighted by Crippen LogP contribution is 2.29. The van der Waals surface area contributed by atoms with Crippen molar-refractivity contribution in [3.05, 3.63) is 35.9 Å². The predicted molar refractivity (Wildman–Crippen MR) is 115 cm³/mol. The summed E-state index contributed by atoms with van der Waals surface area (Å²) in [6.45, 7) is 8.37. The van der Waals surface area contributed by atoms with Crippen molar-refractivity contribution in [1.29, 1.82) is 5.26 Å². The summed E-state index contributed by atoms with van der Waals surface area (Å²) in [5.74, 6) is 0.748. The van der Waals surface area contributed by atoms with E-state index in [9.17, 15) is 10.1 Å². The van der Waals surface area contributed by atoms with Crippen LogP contribution < -0.4 is 4.74 Å². The molecule has 3 aromatic rings. The highest BCUT2D eigenvalue weighted by atomic mass is 16.5. The van der Waals surface area contributed by atoms with Crippen LogP contribution in [0.5, 0.6) is 5.75 Å². The second-order valence-corrected chi connectivity index (χ2v) is 7.62. The Morgan fingerprint density at radius 1 is 1.23 bits per heavy atom. The molecule has 1 fully saturated rings. The van der Waals surface area contributed by atoms with Crippen molar-refractivity contribution in [2.24, 2.45) is 7.05 Å². The number of rotatable bonds is 5. The lowest BCUT2D eigenvalue weighted by atomic mass is 10.1. The van der Waals surface area contributed by atoms with Gasteiger partial charge >= 0.3 is 0 Å². The van der Waals surface area contributed by atoms with E-state index in [1.807, 2.05) is 43.1 Å². The van der Waals surface area contributed by atoms with Gasteiger partial charge in [0.2, 0.25) is 5.82 Å². The number of likely N-dealkylation sites (N-methyl/N-ethyl adjacent to an activating group) is 1. The minimum Gasteiger partial charge on any atom is -0.483 e. The molecule has 0 aliphatic carbocycles. The number of hydrogen-bond donors (Lipinski definition) is 0. The molecule has 1 aromatic carbocycles. The lowest BCUT2D eigenvalue weighted by Gasteiger charge is -2.34. The van der Waals surface area contributed by atoms with E-state index in [1.54, 1.807) is 10.9 Å². The van der Waals surface area contributed by atoms with Crippen molar-refractivity contribution < 1.29 is 9.53 Å². The Bertz CT molecular complexity index is 1160. The molecule has 0 atom stereocenters. The predicted octanol–water partition coefficient (Wildman–Crippen LogP) is 1.75. The zero-order valence-electron chi connectivity index (χ0n) is 18.0. The third-order valence-corrected chi connectivity index (χ3v) is 5.63. The second kappa shape index (κ2) is 8.70. The van der Waals surface area contributed by atoms with Crippen LogP contribution in [0.4, 0.5) is 0 Å². The lowest BCUT2D eigenvalue weighted by Crippen LogP contribution is -2.49. The number of ether oxygens (including phenoxy) is 1. The Hall–Kier alpha value is -3.51. The minimum absolute atomic E-state index is 0.00360. The molecule has 4 rings (SSSR count). The quantitative estimate of drug-likeness (QED) is 0.621. The maximum atomic E-state index is 12.5. The number of hydrogen-bond acceptors (Lipinski definition) is 7. The van der Waals surface area contributed by atoms with Gasteiger partial charge in [0.05, 0.1) is 6.33 Å². The highest BCUT2D eigenvalue weighted by Gasteiger charge is 2.21. The normalized spacial score (nSPS) is 14.6. The molecule has 0 unspecified atom stereocenters. The molecule has 0 spiro atoms. The molecule has 1 amide bonds. The maximum Gasteiger partial charge on any atom is 0.260 e. The number of amides is 1. The van der Waals surface area contributed by atoms with Crippen LogP contribution in [0.15, 0.2) is 24.5 Å². The number of piperazine rings is 1. The summed E-state index contributed by atoms with van der Waals surface area (Å²) >= 11 is 0. The van der Waals surface area contributed by atoms with E-state index in [1.165, 1.54) is 0 Å². The lowest BCUT2D eigenvalue weighted by molar-refractivity contribution is -0.135. The molecule has 2 aromatic heterocycles. The number of carbonyl (C=O) groups excluding carboxylic acids is 1.